The van der Waals surface area contributed by atoms with Crippen molar-refractivity contribution in [2.75, 3.05) is 11.9 Å². The van der Waals surface area contributed by atoms with Crippen LogP contribution in [0.4, 0.5) is 11.6 Å². The summed E-state index contributed by atoms with van der Waals surface area (Å²) in [4.78, 5) is 15.5. The third-order valence-electron chi connectivity index (χ3n) is 5.77. The fraction of sp³-hybridized carbons (Fsp3) is 0.571. The van der Waals surface area contributed by atoms with Crippen LogP contribution in [0, 0.1) is 0 Å². The number of nitrogens with zero attached hydrogens (tertiary/aromatic N) is 3. The van der Waals surface area contributed by atoms with Gasteiger partial charge in [-0.05, 0) is 66.8 Å². The monoisotopic (exact) mass is 413 g/mol. The molecule has 0 saturated heterocycles. The van der Waals surface area contributed by atoms with E-state index in [0.29, 0.717) is 12.6 Å². The molecule has 0 fully saturated rings. The minimum atomic E-state index is -1.38. The Bertz CT molecular complexity index is 901. The van der Waals surface area contributed by atoms with Crippen LogP contribution in [0.5, 0.6) is 0 Å². The van der Waals surface area contributed by atoms with E-state index >= 15 is 0 Å². The van der Waals surface area contributed by atoms with Gasteiger partial charge in [-0.25, -0.2) is 4.68 Å². The molecule has 29 heavy (non-hydrogen) atoms. The van der Waals surface area contributed by atoms with Gasteiger partial charge in [-0.2, -0.15) is 4.98 Å². The van der Waals surface area contributed by atoms with Gasteiger partial charge < -0.3 is 20.0 Å². The minimum absolute atomic E-state index is 0.171. The molecule has 7 nitrogen and oxygen atoms in total. The molecule has 0 saturated carbocycles. The van der Waals surface area contributed by atoms with Gasteiger partial charge in [0.15, 0.2) is 5.82 Å². The number of benzene rings is 1. The molecule has 1 heterocycles. The molecule has 4 rings (SSSR count). The summed E-state index contributed by atoms with van der Waals surface area (Å²) in [5.41, 5.74) is 6.61. The van der Waals surface area contributed by atoms with Crippen molar-refractivity contribution in [2.45, 2.75) is 70.9 Å². The number of aromatic nitrogens is 3. The number of rotatable bonds is 8. The Hall–Kier alpha value is -2.19. The molecule has 1 aromatic heterocycles. The number of carboxylic acid groups (broad SMARTS) is 1. The second-order valence-electron chi connectivity index (χ2n) is 9.25. The number of anilines is 2. The number of aromatic carboxylic acids is 1. The second kappa shape index (κ2) is 7.91. The lowest BCUT2D eigenvalue weighted by Gasteiger charge is -2.18. The lowest BCUT2D eigenvalue weighted by atomic mass is 9.99. The van der Waals surface area contributed by atoms with Crippen molar-refractivity contribution in [3.63, 3.8) is 0 Å². The molecule has 2 aromatic rings. The number of ether oxygens (including phenoxy) is 1. The first-order valence-corrected chi connectivity index (χ1v) is 14.2. The quantitative estimate of drug-likeness (QED) is 0.528. The van der Waals surface area contributed by atoms with Gasteiger partial charge >= 0.3 is 0 Å². The van der Waals surface area contributed by atoms with E-state index in [4.69, 9.17) is 4.74 Å². The minimum Gasteiger partial charge on any atom is -0.541 e. The molecular formula is C21H29N4O3Si-. The van der Waals surface area contributed by atoms with Crippen molar-refractivity contribution in [3.8, 4) is 0 Å². The molecule has 0 amide bonds. The second-order valence-corrected chi connectivity index (χ2v) is 14.9. The van der Waals surface area contributed by atoms with Crippen molar-refractivity contribution in [1.29, 1.82) is 0 Å². The van der Waals surface area contributed by atoms with Crippen molar-refractivity contribution in [3.05, 3.63) is 34.1 Å². The van der Waals surface area contributed by atoms with Gasteiger partial charge in [0.25, 0.3) is 0 Å². The normalized spacial score (nSPS) is 15.4. The number of nitrogens with one attached hydrogen (secondary N) is 1. The first-order valence-electron chi connectivity index (χ1n) is 10.5. The summed E-state index contributed by atoms with van der Waals surface area (Å²) >= 11 is 0. The van der Waals surface area contributed by atoms with Crippen LogP contribution in [0.1, 0.15) is 45.7 Å². The van der Waals surface area contributed by atoms with Crippen molar-refractivity contribution in [1.82, 2.24) is 14.8 Å². The third-order valence-corrected chi connectivity index (χ3v) is 7.48. The molecular weight excluding hydrogens is 384 g/mol. The Morgan fingerprint density at radius 1 is 1.17 bits per heavy atom. The Balaban J connectivity index is 1.60. The number of aryl methyl sites for hydroxylation is 2. The Morgan fingerprint density at radius 2 is 1.83 bits per heavy atom. The predicted octanol–water partition coefficient (Wildman–Crippen LogP) is 2.67. The number of carboxylic acids is 1. The molecule has 0 spiro atoms. The first-order chi connectivity index (χ1) is 13.8. The number of hydrogen-bond donors (Lipinski definition) is 1. The van der Waals surface area contributed by atoms with Crippen LogP contribution in [0.2, 0.25) is 25.7 Å². The molecule has 1 N–H and O–H groups in total. The predicted molar refractivity (Wildman–Crippen MR) is 112 cm³/mol. The molecule has 0 atom stereocenters. The van der Waals surface area contributed by atoms with Crippen LogP contribution in [0.25, 0.3) is 0 Å². The largest absolute Gasteiger partial charge is 0.541 e. The molecule has 2 aliphatic carbocycles. The van der Waals surface area contributed by atoms with Gasteiger partial charge in [0.1, 0.15) is 12.7 Å². The van der Waals surface area contributed by atoms with Crippen molar-refractivity contribution >= 4 is 25.7 Å². The van der Waals surface area contributed by atoms with E-state index in [-0.39, 0.29) is 12.6 Å². The van der Waals surface area contributed by atoms with E-state index in [2.05, 4.69) is 41.1 Å². The third kappa shape index (κ3) is 4.38. The van der Waals surface area contributed by atoms with Gasteiger partial charge in [-0.3, -0.25) is 0 Å². The zero-order valence-electron chi connectivity index (χ0n) is 17.5. The van der Waals surface area contributed by atoms with Crippen molar-refractivity contribution < 1.29 is 14.6 Å². The zero-order chi connectivity index (χ0) is 20.6. The highest BCUT2D eigenvalue weighted by molar-refractivity contribution is 6.76. The van der Waals surface area contributed by atoms with Crippen molar-refractivity contribution in [2.24, 2.45) is 0 Å². The molecule has 0 bridgehead atoms. The lowest BCUT2D eigenvalue weighted by molar-refractivity contribution is -0.256. The number of carbonyl (C=O) groups excluding carboxylic acids is 1. The Kier molecular flexibility index (Phi) is 5.48. The fourth-order valence-corrected chi connectivity index (χ4v) is 4.98. The molecule has 0 radical (unpaired) electrons. The van der Waals surface area contributed by atoms with E-state index in [9.17, 15) is 9.90 Å². The summed E-state index contributed by atoms with van der Waals surface area (Å²) in [5, 5.41) is 18.9. The van der Waals surface area contributed by atoms with E-state index in [1.165, 1.54) is 26.9 Å². The summed E-state index contributed by atoms with van der Waals surface area (Å²) in [7, 11) is -1.20. The number of fused-ring (bicyclic) bond motifs is 2. The van der Waals surface area contributed by atoms with Gasteiger partial charge in [0.05, 0.1) is 0 Å². The molecule has 1 aromatic carbocycles. The van der Waals surface area contributed by atoms with Crippen LogP contribution < -0.4 is 10.4 Å². The van der Waals surface area contributed by atoms with Gasteiger partial charge in [0.2, 0.25) is 5.95 Å². The molecule has 8 heteroatoms. The lowest BCUT2D eigenvalue weighted by Crippen LogP contribution is -2.24. The maximum absolute atomic E-state index is 11.3. The summed E-state index contributed by atoms with van der Waals surface area (Å²) in [6.45, 7) is 7.69. The average molecular weight is 414 g/mol. The number of carbonyl (C=O) groups is 1. The Labute approximate surface area is 172 Å². The van der Waals surface area contributed by atoms with E-state index in [1.807, 2.05) is 0 Å². The van der Waals surface area contributed by atoms with Crippen LogP contribution in [0.15, 0.2) is 6.07 Å². The molecule has 2 aliphatic rings. The highest BCUT2D eigenvalue weighted by Crippen LogP contribution is 2.39. The maximum atomic E-state index is 11.3. The fourth-order valence-electron chi connectivity index (χ4n) is 4.22. The standard InChI is InChI=1S/C21H30N4O3Si/c1-29(2,3)11-10-28-13-25-21(23-19(24-25)20(26)27)22-18-16-8-4-6-14(16)12-15-7-5-9-17(15)18/h12H,4-11,13H2,1-3H3,(H,26,27)(H,22,23,24)/p-1. The maximum Gasteiger partial charge on any atom is 0.228 e. The summed E-state index contributed by atoms with van der Waals surface area (Å²) in [6.07, 6.45) is 6.60. The zero-order valence-corrected chi connectivity index (χ0v) is 18.5. The summed E-state index contributed by atoms with van der Waals surface area (Å²) < 4.78 is 7.30. The molecule has 0 aliphatic heterocycles. The van der Waals surface area contributed by atoms with Crippen LogP contribution in [-0.4, -0.2) is 35.4 Å². The van der Waals surface area contributed by atoms with Crippen LogP contribution in [0.3, 0.4) is 0 Å². The summed E-state index contributed by atoms with van der Waals surface area (Å²) in [5.74, 6) is -1.28. The van der Waals surface area contributed by atoms with E-state index in [0.717, 1.165) is 50.3 Å². The van der Waals surface area contributed by atoms with Gasteiger partial charge in [0, 0.05) is 20.4 Å². The Morgan fingerprint density at radius 3 is 2.41 bits per heavy atom. The van der Waals surface area contributed by atoms with Gasteiger partial charge in [-0.15, -0.1) is 5.10 Å². The highest BCUT2D eigenvalue weighted by Gasteiger charge is 2.25. The van der Waals surface area contributed by atoms with Gasteiger partial charge in [-0.1, -0.05) is 25.7 Å². The number of hydrogen-bond acceptors (Lipinski definition) is 6. The van der Waals surface area contributed by atoms with E-state index < -0.39 is 14.0 Å². The molecule has 0 unspecified atom stereocenters. The summed E-state index contributed by atoms with van der Waals surface area (Å²) in [6, 6.07) is 3.41. The smallest absolute Gasteiger partial charge is 0.228 e. The van der Waals surface area contributed by atoms with Crippen LogP contribution >= 0.6 is 0 Å². The van der Waals surface area contributed by atoms with E-state index in [1.54, 1.807) is 0 Å². The topological polar surface area (TPSA) is 92.1 Å². The first kappa shape index (κ1) is 20.1. The van der Waals surface area contributed by atoms with Crippen LogP contribution in [-0.2, 0) is 37.2 Å². The highest BCUT2D eigenvalue weighted by atomic mass is 28.3. The average Bonchev–Trinajstić information content (AvgIpc) is 3.37. The SMILES string of the molecule is C[Si](C)(C)CCOCn1nc(C(=O)[O-])nc1Nc1c2c(cc3c1CCC3)CCC2. The molecule has 156 valence electrons.